The number of aryl methyl sites for hydroxylation is 1. The minimum absolute atomic E-state index is 0.0568. The molecule has 7 nitrogen and oxygen atoms in total. The second kappa shape index (κ2) is 7.63. The SMILES string of the molecule is CCn1cnnc1[C@@H]1CN(C(=O)[C@H](C)N2CCSCC2)CCO1. The van der Waals surface area contributed by atoms with Crippen molar-refractivity contribution in [3.05, 3.63) is 12.2 Å². The zero-order valence-corrected chi connectivity index (χ0v) is 14.7. The number of amides is 1. The van der Waals surface area contributed by atoms with Crippen molar-refractivity contribution in [3.8, 4) is 0 Å². The van der Waals surface area contributed by atoms with Crippen LogP contribution in [0.1, 0.15) is 25.8 Å². The number of carbonyl (C=O) groups is 1. The fourth-order valence-corrected chi connectivity index (χ4v) is 4.08. The monoisotopic (exact) mass is 339 g/mol. The molecule has 3 rings (SSSR count). The van der Waals surface area contributed by atoms with Crippen LogP contribution in [0, 0.1) is 0 Å². The lowest BCUT2D eigenvalue weighted by atomic mass is 10.2. The molecule has 2 aliphatic heterocycles. The highest BCUT2D eigenvalue weighted by Gasteiger charge is 2.32. The lowest BCUT2D eigenvalue weighted by molar-refractivity contribution is -0.144. The normalized spacial score (nSPS) is 24.6. The Bertz CT molecular complexity index is 532. The van der Waals surface area contributed by atoms with Gasteiger partial charge in [0.15, 0.2) is 5.82 Å². The van der Waals surface area contributed by atoms with Crippen LogP contribution < -0.4 is 0 Å². The molecule has 8 heteroatoms. The number of ether oxygens (including phenoxy) is 1. The average molecular weight is 339 g/mol. The van der Waals surface area contributed by atoms with Crippen LogP contribution in [0.3, 0.4) is 0 Å². The molecule has 0 N–H and O–H groups in total. The quantitative estimate of drug-likeness (QED) is 0.802. The number of hydrogen-bond acceptors (Lipinski definition) is 6. The number of thioether (sulfide) groups is 1. The number of rotatable bonds is 4. The van der Waals surface area contributed by atoms with Crippen molar-refractivity contribution in [2.24, 2.45) is 0 Å². The van der Waals surface area contributed by atoms with Crippen LogP contribution in [-0.4, -0.2) is 80.8 Å². The van der Waals surface area contributed by atoms with Gasteiger partial charge in [0.25, 0.3) is 0 Å². The second-order valence-corrected chi connectivity index (χ2v) is 7.17. The first-order valence-electron chi connectivity index (χ1n) is 8.30. The largest absolute Gasteiger partial charge is 0.366 e. The Labute approximate surface area is 141 Å². The third-order valence-electron chi connectivity index (χ3n) is 4.60. The Morgan fingerprint density at radius 3 is 2.96 bits per heavy atom. The molecule has 1 aromatic heterocycles. The molecule has 2 saturated heterocycles. The van der Waals surface area contributed by atoms with Gasteiger partial charge in [0, 0.05) is 37.7 Å². The minimum atomic E-state index is -0.181. The summed E-state index contributed by atoms with van der Waals surface area (Å²) in [4.78, 5) is 17.1. The van der Waals surface area contributed by atoms with E-state index >= 15 is 0 Å². The van der Waals surface area contributed by atoms with Gasteiger partial charge in [-0.1, -0.05) is 0 Å². The Hall–Kier alpha value is -1.12. The molecule has 0 unspecified atom stereocenters. The van der Waals surface area contributed by atoms with Gasteiger partial charge in [-0.25, -0.2) is 0 Å². The van der Waals surface area contributed by atoms with Crippen molar-refractivity contribution in [1.82, 2.24) is 24.6 Å². The van der Waals surface area contributed by atoms with Crippen LogP contribution in [0.5, 0.6) is 0 Å². The van der Waals surface area contributed by atoms with Crippen LogP contribution in [0.2, 0.25) is 0 Å². The molecule has 1 aromatic rings. The van der Waals surface area contributed by atoms with Gasteiger partial charge in [-0.3, -0.25) is 9.69 Å². The highest BCUT2D eigenvalue weighted by Crippen LogP contribution is 2.22. The van der Waals surface area contributed by atoms with Crippen LogP contribution in [0.4, 0.5) is 0 Å². The maximum absolute atomic E-state index is 12.8. The molecule has 0 saturated carbocycles. The average Bonchev–Trinajstić information content (AvgIpc) is 3.10. The van der Waals surface area contributed by atoms with Gasteiger partial charge in [0.2, 0.25) is 5.91 Å². The first-order valence-corrected chi connectivity index (χ1v) is 9.46. The summed E-state index contributed by atoms with van der Waals surface area (Å²) in [5.41, 5.74) is 0. The molecular formula is C15H25N5O2S. The maximum Gasteiger partial charge on any atom is 0.239 e. The van der Waals surface area contributed by atoms with Gasteiger partial charge in [-0.15, -0.1) is 10.2 Å². The molecule has 1 amide bonds. The predicted molar refractivity (Wildman–Crippen MR) is 89.3 cm³/mol. The van der Waals surface area contributed by atoms with E-state index in [2.05, 4.69) is 22.0 Å². The predicted octanol–water partition coefficient (Wildman–Crippen LogP) is 0.635. The number of hydrogen-bond donors (Lipinski definition) is 0. The van der Waals surface area contributed by atoms with E-state index in [0.29, 0.717) is 19.7 Å². The van der Waals surface area contributed by atoms with Crippen molar-refractivity contribution in [2.75, 3.05) is 44.3 Å². The molecule has 0 spiro atoms. The van der Waals surface area contributed by atoms with Gasteiger partial charge in [-0.05, 0) is 13.8 Å². The standard InChI is InChI=1S/C15H25N5O2S/c1-3-18-11-16-17-14(18)13-10-20(4-7-22-13)15(21)12(2)19-5-8-23-9-6-19/h11-13H,3-10H2,1-2H3/t12-,13-/m0/s1. The fourth-order valence-electron chi connectivity index (χ4n) is 3.15. The lowest BCUT2D eigenvalue weighted by Gasteiger charge is -2.38. The Balaban J connectivity index is 1.64. The van der Waals surface area contributed by atoms with E-state index in [4.69, 9.17) is 4.74 Å². The zero-order chi connectivity index (χ0) is 16.2. The Morgan fingerprint density at radius 2 is 2.22 bits per heavy atom. The lowest BCUT2D eigenvalue weighted by Crippen LogP contribution is -2.53. The summed E-state index contributed by atoms with van der Waals surface area (Å²) in [6, 6.07) is -0.0568. The van der Waals surface area contributed by atoms with Crippen LogP contribution in [0.15, 0.2) is 6.33 Å². The summed E-state index contributed by atoms with van der Waals surface area (Å²) in [5, 5.41) is 8.14. The smallest absolute Gasteiger partial charge is 0.239 e. The van der Waals surface area contributed by atoms with E-state index in [0.717, 1.165) is 37.0 Å². The summed E-state index contributed by atoms with van der Waals surface area (Å²) in [5.74, 6) is 3.24. The molecule has 23 heavy (non-hydrogen) atoms. The van der Waals surface area contributed by atoms with E-state index in [1.807, 2.05) is 28.2 Å². The van der Waals surface area contributed by atoms with Gasteiger partial charge >= 0.3 is 0 Å². The molecule has 0 aromatic carbocycles. The first kappa shape index (κ1) is 16.7. The summed E-state index contributed by atoms with van der Waals surface area (Å²) < 4.78 is 7.81. The number of carbonyl (C=O) groups excluding carboxylic acids is 1. The molecule has 2 atom stereocenters. The summed E-state index contributed by atoms with van der Waals surface area (Å²) in [6.45, 7) is 8.64. The second-order valence-electron chi connectivity index (χ2n) is 5.94. The van der Waals surface area contributed by atoms with E-state index in [1.54, 1.807) is 6.33 Å². The van der Waals surface area contributed by atoms with Gasteiger partial charge < -0.3 is 14.2 Å². The van der Waals surface area contributed by atoms with Crippen molar-refractivity contribution >= 4 is 17.7 Å². The molecule has 2 aliphatic rings. The van der Waals surface area contributed by atoms with Crippen LogP contribution >= 0.6 is 11.8 Å². The van der Waals surface area contributed by atoms with Gasteiger partial charge in [-0.2, -0.15) is 11.8 Å². The number of nitrogens with zero attached hydrogens (tertiary/aromatic N) is 5. The highest BCUT2D eigenvalue weighted by atomic mass is 32.2. The molecule has 0 bridgehead atoms. The highest BCUT2D eigenvalue weighted by molar-refractivity contribution is 7.99. The summed E-state index contributed by atoms with van der Waals surface area (Å²) in [7, 11) is 0. The molecule has 2 fully saturated rings. The van der Waals surface area contributed by atoms with Crippen molar-refractivity contribution in [3.63, 3.8) is 0 Å². The molecule has 128 valence electrons. The number of morpholine rings is 1. The van der Waals surface area contributed by atoms with Crippen molar-refractivity contribution in [2.45, 2.75) is 32.5 Å². The molecule has 0 radical (unpaired) electrons. The Morgan fingerprint density at radius 1 is 1.43 bits per heavy atom. The third-order valence-corrected chi connectivity index (χ3v) is 5.55. The fraction of sp³-hybridized carbons (Fsp3) is 0.800. The van der Waals surface area contributed by atoms with Crippen molar-refractivity contribution in [1.29, 1.82) is 0 Å². The first-order chi connectivity index (χ1) is 11.2. The summed E-state index contributed by atoms with van der Waals surface area (Å²) >= 11 is 1.96. The minimum Gasteiger partial charge on any atom is -0.366 e. The van der Waals surface area contributed by atoms with E-state index in [9.17, 15) is 4.79 Å². The van der Waals surface area contributed by atoms with Crippen LogP contribution in [0.25, 0.3) is 0 Å². The number of aromatic nitrogens is 3. The third kappa shape index (κ3) is 3.70. The van der Waals surface area contributed by atoms with E-state index in [1.165, 1.54) is 0 Å². The topological polar surface area (TPSA) is 63.5 Å². The molecule has 3 heterocycles. The van der Waals surface area contributed by atoms with Crippen molar-refractivity contribution < 1.29 is 9.53 Å². The molecular weight excluding hydrogens is 314 g/mol. The maximum atomic E-state index is 12.8. The zero-order valence-electron chi connectivity index (χ0n) is 13.8. The van der Waals surface area contributed by atoms with Crippen LogP contribution in [-0.2, 0) is 16.1 Å². The Kier molecular flexibility index (Phi) is 5.55. The van der Waals surface area contributed by atoms with E-state index in [-0.39, 0.29) is 18.1 Å². The molecule has 0 aliphatic carbocycles. The van der Waals surface area contributed by atoms with E-state index < -0.39 is 0 Å². The van der Waals surface area contributed by atoms with Gasteiger partial charge in [0.05, 0.1) is 19.2 Å². The van der Waals surface area contributed by atoms with Gasteiger partial charge in [0.1, 0.15) is 12.4 Å². The summed E-state index contributed by atoms with van der Waals surface area (Å²) in [6.07, 6.45) is 1.53.